The predicted octanol–water partition coefficient (Wildman–Crippen LogP) is 1.67. The smallest absolute Gasteiger partial charge is 0.267 e. The van der Waals surface area contributed by atoms with E-state index in [9.17, 15) is 8.78 Å². The first-order chi connectivity index (χ1) is 4.61. The zero-order valence-corrected chi connectivity index (χ0v) is 5.81. The van der Waals surface area contributed by atoms with E-state index in [2.05, 4.69) is 5.10 Å². The van der Waals surface area contributed by atoms with Crippen LogP contribution in [-0.2, 0) is 7.05 Å². The molecule has 0 aliphatic carbocycles. The zero-order valence-electron chi connectivity index (χ0n) is 5.81. The van der Waals surface area contributed by atoms with Gasteiger partial charge in [0.15, 0.2) is 0 Å². The van der Waals surface area contributed by atoms with Crippen LogP contribution in [0.1, 0.15) is 17.7 Å². The van der Waals surface area contributed by atoms with Gasteiger partial charge in [0.05, 0.1) is 11.3 Å². The van der Waals surface area contributed by atoms with Crippen LogP contribution in [0.2, 0.25) is 0 Å². The topological polar surface area (TPSA) is 17.8 Å². The minimum absolute atomic E-state index is 0.0162. The van der Waals surface area contributed by atoms with Gasteiger partial charge in [-0.05, 0) is 6.92 Å². The van der Waals surface area contributed by atoms with Gasteiger partial charge in [0.2, 0.25) is 0 Å². The summed E-state index contributed by atoms with van der Waals surface area (Å²) in [7, 11) is 1.62. The van der Waals surface area contributed by atoms with Crippen LogP contribution in [0.5, 0.6) is 0 Å². The average molecular weight is 146 g/mol. The third-order valence-electron chi connectivity index (χ3n) is 1.29. The van der Waals surface area contributed by atoms with Gasteiger partial charge in [-0.1, -0.05) is 0 Å². The Kier molecular flexibility index (Phi) is 1.70. The third kappa shape index (κ3) is 1.15. The van der Waals surface area contributed by atoms with E-state index in [-0.39, 0.29) is 5.56 Å². The normalized spacial score (nSPS) is 10.9. The largest absolute Gasteiger partial charge is 0.275 e. The molecule has 0 aliphatic heterocycles. The van der Waals surface area contributed by atoms with Crippen molar-refractivity contribution in [3.63, 3.8) is 0 Å². The van der Waals surface area contributed by atoms with Gasteiger partial charge in [-0.15, -0.1) is 0 Å². The minimum atomic E-state index is -2.41. The summed E-state index contributed by atoms with van der Waals surface area (Å²) in [5, 5.41) is 3.77. The Morgan fingerprint density at radius 3 is 2.40 bits per heavy atom. The molecule has 1 rings (SSSR count). The highest BCUT2D eigenvalue weighted by molar-refractivity contribution is 5.16. The maximum Gasteiger partial charge on any atom is 0.267 e. The molecule has 0 fully saturated rings. The lowest BCUT2D eigenvalue weighted by Crippen LogP contribution is -1.86. The molecule has 0 bridgehead atoms. The summed E-state index contributed by atoms with van der Waals surface area (Å²) in [6.07, 6.45) is -1.08. The molecule has 0 aliphatic rings. The van der Waals surface area contributed by atoms with Crippen molar-refractivity contribution in [1.82, 2.24) is 9.78 Å². The highest BCUT2D eigenvalue weighted by atomic mass is 19.3. The van der Waals surface area contributed by atoms with Crippen LogP contribution in [0.15, 0.2) is 6.20 Å². The molecule has 10 heavy (non-hydrogen) atoms. The molecule has 0 spiro atoms. The number of aromatic nitrogens is 2. The van der Waals surface area contributed by atoms with Crippen LogP contribution in [0.3, 0.4) is 0 Å². The summed E-state index contributed by atoms with van der Waals surface area (Å²) in [6.45, 7) is 1.57. The molecule has 1 heterocycles. The highest BCUT2D eigenvalue weighted by Gasteiger charge is 2.12. The number of aryl methyl sites for hydroxylation is 2. The molecular formula is C6H8F2N2. The van der Waals surface area contributed by atoms with Crippen molar-refractivity contribution >= 4 is 0 Å². The van der Waals surface area contributed by atoms with E-state index in [0.717, 1.165) is 0 Å². The highest BCUT2D eigenvalue weighted by Crippen LogP contribution is 2.20. The maximum absolute atomic E-state index is 12.0. The molecule has 0 atom stereocenters. The van der Waals surface area contributed by atoms with Crippen LogP contribution in [-0.4, -0.2) is 9.78 Å². The number of hydrogen-bond donors (Lipinski definition) is 0. The van der Waals surface area contributed by atoms with Gasteiger partial charge in [-0.25, -0.2) is 8.78 Å². The molecule has 0 N–H and O–H groups in total. The molecule has 1 aromatic rings. The van der Waals surface area contributed by atoms with Crippen molar-refractivity contribution in [2.75, 3.05) is 0 Å². The molecule has 0 saturated heterocycles. The first-order valence-corrected chi connectivity index (χ1v) is 2.89. The van der Waals surface area contributed by atoms with Gasteiger partial charge in [-0.2, -0.15) is 5.10 Å². The molecule has 0 amide bonds. The molecular weight excluding hydrogens is 138 g/mol. The second-order valence-electron chi connectivity index (χ2n) is 2.14. The number of halogens is 2. The maximum atomic E-state index is 12.0. The van der Waals surface area contributed by atoms with Crippen molar-refractivity contribution in [2.45, 2.75) is 13.3 Å². The minimum Gasteiger partial charge on any atom is -0.275 e. The van der Waals surface area contributed by atoms with Crippen LogP contribution in [0.25, 0.3) is 0 Å². The summed E-state index contributed by atoms with van der Waals surface area (Å²) in [6, 6.07) is 0. The first-order valence-electron chi connectivity index (χ1n) is 2.89. The van der Waals surface area contributed by atoms with Gasteiger partial charge in [0.1, 0.15) is 0 Å². The summed E-state index contributed by atoms with van der Waals surface area (Å²) in [5.41, 5.74) is 0.417. The van der Waals surface area contributed by atoms with Crippen molar-refractivity contribution in [2.24, 2.45) is 7.05 Å². The van der Waals surface area contributed by atoms with Crippen LogP contribution >= 0.6 is 0 Å². The molecule has 2 nitrogen and oxygen atoms in total. The molecule has 56 valence electrons. The van der Waals surface area contributed by atoms with Gasteiger partial charge in [0, 0.05) is 13.2 Å². The molecule has 0 radical (unpaired) electrons. The molecule has 0 aromatic carbocycles. The Morgan fingerprint density at radius 1 is 1.60 bits per heavy atom. The molecule has 0 saturated carbocycles. The SMILES string of the molecule is Cc1nn(C)cc1C(F)F. The van der Waals surface area contributed by atoms with E-state index in [4.69, 9.17) is 0 Å². The fraction of sp³-hybridized carbons (Fsp3) is 0.500. The number of alkyl halides is 2. The van der Waals surface area contributed by atoms with Gasteiger partial charge < -0.3 is 0 Å². The predicted molar refractivity (Wildman–Crippen MR) is 32.9 cm³/mol. The zero-order chi connectivity index (χ0) is 7.72. The standard InChI is InChI=1S/C6H8F2N2/c1-4-5(6(7)8)3-10(2)9-4/h3,6H,1-2H3. The van der Waals surface area contributed by atoms with Crippen molar-refractivity contribution in [3.05, 3.63) is 17.5 Å². The first kappa shape index (κ1) is 7.18. The summed E-state index contributed by atoms with van der Waals surface area (Å²) >= 11 is 0. The van der Waals surface area contributed by atoms with Crippen LogP contribution in [0.4, 0.5) is 8.78 Å². The Balaban J connectivity index is 3.03. The van der Waals surface area contributed by atoms with Crippen LogP contribution in [0, 0.1) is 6.92 Å². The lowest BCUT2D eigenvalue weighted by atomic mass is 10.3. The number of hydrogen-bond acceptors (Lipinski definition) is 1. The van der Waals surface area contributed by atoms with Crippen molar-refractivity contribution < 1.29 is 8.78 Å². The van der Waals surface area contributed by atoms with Crippen molar-refractivity contribution in [1.29, 1.82) is 0 Å². The summed E-state index contributed by atoms with van der Waals surface area (Å²) in [5.74, 6) is 0. The fourth-order valence-electron chi connectivity index (χ4n) is 0.832. The Morgan fingerprint density at radius 2 is 2.20 bits per heavy atom. The summed E-state index contributed by atoms with van der Waals surface area (Å²) < 4.78 is 25.4. The second kappa shape index (κ2) is 2.36. The fourth-order valence-corrected chi connectivity index (χ4v) is 0.832. The van der Waals surface area contributed by atoms with E-state index in [1.165, 1.54) is 10.9 Å². The monoisotopic (exact) mass is 146 g/mol. The van der Waals surface area contributed by atoms with Crippen LogP contribution < -0.4 is 0 Å². The Labute approximate surface area is 57.5 Å². The van der Waals surface area contributed by atoms with Gasteiger partial charge in [0.25, 0.3) is 6.43 Å². The van der Waals surface area contributed by atoms with E-state index in [0.29, 0.717) is 5.69 Å². The van der Waals surface area contributed by atoms with E-state index in [1.807, 2.05) is 0 Å². The van der Waals surface area contributed by atoms with E-state index < -0.39 is 6.43 Å². The number of nitrogens with zero attached hydrogens (tertiary/aromatic N) is 2. The average Bonchev–Trinajstić information content (AvgIpc) is 2.10. The summed E-state index contributed by atoms with van der Waals surface area (Å²) in [4.78, 5) is 0. The quantitative estimate of drug-likeness (QED) is 0.589. The lowest BCUT2D eigenvalue weighted by molar-refractivity contribution is 0.150. The molecule has 4 heteroatoms. The number of rotatable bonds is 1. The molecule has 0 unspecified atom stereocenters. The Hall–Kier alpha value is -0.930. The second-order valence-corrected chi connectivity index (χ2v) is 2.14. The lowest BCUT2D eigenvalue weighted by Gasteiger charge is -1.91. The van der Waals surface area contributed by atoms with Gasteiger partial charge >= 0.3 is 0 Å². The Bertz CT molecular complexity index is 230. The third-order valence-corrected chi connectivity index (χ3v) is 1.29. The molecule has 1 aromatic heterocycles. The van der Waals surface area contributed by atoms with Gasteiger partial charge in [-0.3, -0.25) is 4.68 Å². The van der Waals surface area contributed by atoms with E-state index in [1.54, 1.807) is 14.0 Å². The van der Waals surface area contributed by atoms with E-state index >= 15 is 0 Å². The van der Waals surface area contributed by atoms with Crippen molar-refractivity contribution in [3.8, 4) is 0 Å².